The van der Waals surface area contributed by atoms with Gasteiger partial charge in [-0.2, -0.15) is 0 Å². The summed E-state index contributed by atoms with van der Waals surface area (Å²) >= 11 is 0. The number of aryl methyl sites for hydroxylation is 1. The molecule has 0 aliphatic carbocycles. The monoisotopic (exact) mass is 595 g/mol. The number of hydrogen-bond acceptors (Lipinski definition) is 7. The van der Waals surface area contributed by atoms with Gasteiger partial charge >= 0.3 is 0 Å². The van der Waals surface area contributed by atoms with E-state index in [1.54, 1.807) is 36.4 Å². The van der Waals surface area contributed by atoms with Crippen LogP contribution in [0, 0.1) is 6.92 Å². The first kappa shape index (κ1) is 29.4. The van der Waals surface area contributed by atoms with Gasteiger partial charge in [-0.15, -0.1) is 0 Å². The fourth-order valence-electron chi connectivity index (χ4n) is 3.95. The van der Waals surface area contributed by atoms with Crippen LogP contribution < -0.4 is 23.8 Å². The molecule has 1 amide bonds. The number of sulfonamides is 2. The van der Waals surface area contributed by atoms with Gasteiger partial charge in [-0.1, -0.05) is 29.8 Å². The number of carbonyl (C=O) groups is 1. The summed E-state index contributed by atoms with van der Waals surface area (Å²) in [6.45, 7) is 1.86. The van der Waals surface area contributed by atoms with Gasteiger partial charge in [0.2, 0.25) is 0 Å². The zero-order chi connectivity index (χ0) is 29.8. The fourth-order valence-corrected chi connectivity index (χ4v) is 6.23. The van der Waals surface area contributed by atoms with Crippen LogP contribution >= 0.6 is 0 Å². The number of anilines is 3. The Hall–Kier alpha value is -4.55. The second-order valence-electron chi connectivity index (χ2n) is 8.95. The van der Waals surface area contributed by atoms with E-state index < -0.39 is 26.0 Å². The van der Waals surface area contributed by atoms with Crippen molar-refractivity contribution in [3.05, 3.63) is 102 Å². The van der Waals surface area contributed by atoms with Crippen LogP contribution in [0.15, 0.2) is 101 Å². The van der Waals surface area contributed by atoms with Crippen LogP contribution in [-0.4, -0.2) is 44.0 Å². The van der Waals surface area contributed by atoms with Crippen LogP contribution in [0.4, 0.5) is 17.1 Å². The molecule has 0 unspecified atom stereocenters. The Bertz CT molecular complexity index is 1770. The van der Waals surface area contributed by atoms with Crippen molar-refractivity contribution in [1.82, 2.24) is 0 Å². The Kier molecular flexibility index (Phi) is 8.55. The quantitative estimate of drug-likeness (QED) is 0.267. The zero-order valence-corrected chi connectivity index (χ0v) is 24.4. The molecule has 4 aromatic carbocycles. The largest absolute Gasteiger partial charge is 0.497 e. The van der Waals surface area contributed by atoms with E-state index >= 15 is 0 Å². The molecule has 0 bridgehead atoms. The molecule has 4 rings (SSSR count). The van der Waals surface area contributed by atoms with Crippen molar-refractivity contribution in [3.63, 3.8) is 0 Å². The van der Waals surface area contributed by atoms with Gasteiger partial charge in [0.25, 0.3) is 26.0 Å². The molecule has 0 aromatic heterocycles. The maximum Gasteiger partial charge on any atom is 0.264 e. The predicted octanol–water partition coefficient (Wildman–Crippen LogP) is 4.89. The highest BCUT2D eigenvalue weighted by atomic mass is 32.2. The zero-order valence-electron chi connectivity index (χ0n) is 22.8. The molecule has 0 radical (unpaired) electrons. The average Bonchev–Trinajstić information content (AvgIpc) is 2.97. The lowest BCUT2D eigenvalue weighted by molar-refractivity contribution is 0.102. The maximum atomic E-state index is 13.2. The second-order valence-corrected chi connectivity index (χ2v) is 12.6. The molecule has 2 N–H and O–H groups in total. The number of methoxy groups -OCH3 is 2. The lowest BCUT2D eigenvalue weighted by atomic mass is 10.1. The molecule has 0 aliphatic heterocycles. The number of nitrogens with one attached hydrogen (secondary N) is 2. The Balaban J connectivity index is 1.54. The van der Waals surface area contributed by atoms with Crippen LogP contribution in [0.5, 0.6) is 11.5 Å². The topological polar surface area (TPSA) is 131 Å². The van der Waals surface area contributed by atoms with E-state index in [4.69, 9.17) is 9.47 Å². The van der Waals surface area contributed by atoms with Crippen molar-refractivity contribution in [1.29, 1.82) is 0 Å². The minimum Gasteiger partial charge on any atom is -0.497 e. The van der Waals surface area contributed by atoms with Crippen LogP contribution in [0.3, 0.4) is 0 Å². The maximum absolute atomic E-state index is 13.2. The number of ether oxygens (including phenoxy) is 2. The van der Waals surface area contributed by atoms with Gasteiger partial charge < -0.3 is 14.8 Å². The van der Waals surface area contributed by atoms with Crippen LogP contribution in [0.25, 0.3) is 0 Å². The van der Waals surface area contributed by atoms with Gasteiger partial charge in [-0.25, -0.2) is 16.8 Å². The first-order chi connectivity index (χ1) is 19.5. The highest BCUT2D eigenvalue weighted by Gasteiger charge is 2.25. The molecule has 0 saturated carbocycles. The molecule has 0 saturated heterocycles. The Labute approximate surface area is 239 Å². The molecule has 12 heteroatoms. The standard InChI is InChI=1S/C29H29N3O7S2/c1-20-9-14-24(15-10-20)41(36,37)32(2)27-8-6-5-7-25(27)29(33)30-21-11-16-23(17-12-21)40(34,35)31-26-19-22(38-3)13-18-28(26)39-4/h5-19,31H,1-4H3,(H,30,33). The van der Waals surface area contributed by atoms with E-state index in [9.17, 15) is 21.6 Å². The van der Waals surface area contributed by atoms with E-state index in [-0.39, 0.29) is 26.7 Å². The van der Waals surface area contributed by atoms with Gasteiger partial charge in [0.1, 0.15) is 11.5 Å². The molecule has 0 spiro atoms. The summed E-state index contributed by atoms with van der Waals surface area (Å²) in [5, 5.41) is 2.70. The Morgan fingerprint density at radius 2 is 1.41 bits per heavy atom. The summed E-state index contributed by atoms with van der Waals surface area (Å²) in [5.41, 5.74) is 1.73. The highest BCUT2D eigenvalue weighted by Crippen LogP contribution is 2.31. The first-order valence-corrected chi connectivity index (χ1v) is 15.2. The van der Waals surface area contributed by atoms with E-state index in [1.165, 1.54) is 75.9 Å². The first-order valence-electron chi connectivity index (χ1n) is 12.3. The molecular weight excluding hydrogens is 566 g/mol. The minimum atomic E-state index is -4.00. The third-order valence-corrected chi connectivity index (χ3v) is 9.41. The summed E-state index contributed by atoms with van der Waals surface area (Å²) in [4.78, 5) is 13.3. The summed E-state index contributed by atoms with van der Waals surface area (Å²) in [5.74, 6) is 0.187. The molecule has 0 fully saturated rings. The summed E-state index contributed by atoms with van der Waals surface area (Å²) in [6, 6.07) is 23.0. The molecular formula is C29H29N3O7S2. The lowest BCUT2D eigenvalue weighted by Crippen LogP contribution is -2.29. The lowest BCUT2D eigenvalue weighted by Gasteiger charge is -2.22. The number of hydrogen-bond donors (Lipinski definition) is 2. The van der Waals surface area contributed by atoms with Crippen LogP contribution in [-0.2, 0) is 20.0 Å². The van der Waals surface area contributed by atoms with Crippen molar-refractivity contribution in [2.45, 2.75) is 16.7 Å². The molecule has 0 atom stereocenters. The Morgan fingerprint density at radius 3 is 2.05 bits per heavy atom. The second kappa shape index (κ2) is 11.9. The van der Waals surface area contributed by atoms with Crippen molar-refractivity contribution in [2.75, 3.05) is 35.6 Å². The minimum absolute atomic E-state index is 0.0512. The summed E-state index contributed by atoms with van der Waals surface area (Å²) in [6.07, 6.45) is 0. The van der Waals surface area contributed by atoms with E-state index in [0.29, 0.717) is 17.2 Å². The third kappa shape index (κ3) is 6.44. The molecule has 0 heterocycles. The van der Waals surface area contributed by atoms with Gasteiger partial charge in [-0.05, 0) is 67.6 Å². The highest BCUT2D eigenvalue weighted by molar-refractivity contribution is 7.93. The third-order valence-electron chi connectivity index (χ3n) is 6.24. The Morgan fingerprint density at radius 1 is 0.780 bits per heavy atom. The van der Waals surface area contributed by atoms with Gasteiger partial charge in [0.05, 0.1) is 40.9 Å². The van der Waals surface area contributed by atoms with Crippen molar-refractivity contribution < 1.29 is 31.1 Å². The number of rotatable bonds is 10. The molecule has 4 aromatic rings. The number of carbonyl (C=O) groups excluding carboxylic acids is 1. The fraction of sp³-hybridized carbons (Fsp3) is 0.138. The molecule has 0 aliphatic rings. The van der Waals surface area contributed by atoms with Gasteiger partial charge in [0, 0.05) is 18.8 Å². The predicted molar refractivity (Wildman–Crippen MR) is 158 cm³/mol. The molecule has 41 heavy (non-hydrogen) atoms. The summed E-state index contributed by atoms with van der Waals surface area (Å²) in [7, 11) is -3.67. The van der Waals surface area contributed by atoms with Gasteiger partial charge in [0.15, 0.2) is 0 Å². The SMILES string of the molecule is COc1ccc(OC)c(NS(=O)(=O)c2ccc(NC(=O)c3ccccc3N(C)S(=O)(=O)c3ccc(C)cc3)cc2)c1. The van der Waals surface area contributed by atoms with E-state index in [1.807, 2.05) is 6.92 Å². The summed E-state index contributed by atoms with van der Waals surface area (Å²) < 4.78 is 66.4. The smallest absolute Gasteiger partial charge is 0.264 e. The van der Waals surface area contributed by atoms with Crippen molar-refractivity contribution >= 4 is 43.0 Å². The van der Waals surface area contributed by atoms with E-state index in [0.717, 1.165) is 9.87 Å². The number of amides is 1. The van der Waals surface area contributed by atoms with Gasteiger partial charge in [-0.3, -0.25) is 13.8 Å². The van der Waals surface area contributed by atoms with Crippen molar-refractivity contribution in [3.8, 4) is 11.5 Å². The number of para-hydroxylation sites is 1. The normalized spacial score (nSPS) is 11.4. The number of nitrogens with zero attached hydrogens (tertiary/aromatic N) is 1. The van der Waals surface area contributed by atoms with Crippen LogP contribution in [0.1, 0.15) is 15.9 Å². The number of benzene rings is 4. The van der Waals surface area contributed by atoms with E-state index in [2.05, 4.69) is 10.0 Å². The average molecular weight is 596 g/mol. The van der Waals surface area contributed by atoms with Crippen LogP contribution in [0.2, 0.25) is 0 Å². The molecule has 214 valence electrons. The molecule has 10 nitrogen and oxygen atoms in total. The van der Waals surface area contributed by atoms with Crippen molar-refractivity contribution in [2.24, 2.45) is 0 Å².